The molecule has 0 radical (unpaired) electrons. The summed E-state index contributed by atoms with van der Waals surface area (Å²) in [4.78, 5) is 0. The van der Waals surface area contributed by atoms with E-state index in [0.29, 0.717) is 5.75 Å². The van der Waals surface area contributed by atoms with E-state index in [0.717, 1.165) is 25.5 Å². The van der Waals surface area contributed by atoms with E-state index in [1.165, 1.54) is 14.3 Å². The molecule has 112 valence electrons. The third-order valence-electron chi connectivity index (χ3n) is 4.09. The second-order valence-corrected chi connectivity index (χ2v) is 7.88. The predicted molar refractivity (Wildman–Crippen MR) is 114 cm³/mol. The van der Waals surface area contributed by atoms with Gasteiger partial charge in [0.15, 0.2) is 0 Å². The number of hydrogen-bond donors (Lipinski definition) is 1. The van der Waals surface area contributed by atoms with Crippen molar-refractivity contribution in [3.05, 3.63) is 73.9 Å². The van der Waals surface area contributed by atoms with Gasteiger partial charge in [-0.3, -0.25) is 0 Å². The first-order valence-electron chi connectivity index (χ1n) is 7.24. The third kappa shape index (κ3) is 2.59. The van der Waals surface area contributed by atoms with Crippen molar-refractivity contribution in [3.8, 4) is 16.9 Å². The summed E-state index contributed by atoms with van der Waals surface area (Å²) >= 11 is 4.69. The van der Waals surface area contributed by atoms with Crippen LogP contribution in [0.15, 0.2) is 66.7 Å². The van der Waals surface area contributed by atoms with Crippen molar-refractivity contribution in [2.45, 2.75) is 0 Å². The Morgan fingerprint density at radius 3 is 2.26 bits per heavy atom. The number of rotatable bonds is 1. The Labute approximate surface area is 161 Å². The van der Waals surface area contributed by atoms with E-state index >= 15 is 0 Å². The quantitative estimate of drug-likeness (QED) is 0.281. The molecule has 0 fully saturated rings. The molecule has 0 saturated heterocycles. The van der Waals surface area contributed by atoms with Gasteiger partial charge in [-0.2, -0.15) is 0 Å². The molecular weight excluding hydrogens is 510 g/mol. The maximum Gasteiger partial charge on any atom is 0.124 e. The fourth-order valence-corrected chi connectivity index (χ4v) is 4.31. The molecule has 0 aliphatic heterocycles. The Bertz CT molecular complexity index is 1050. The SMILES string of the molecule is Oc1ccc2ccccc2c1-c1c(I)ccc2cc(I)ccc12. The molecule has 4 aromatic rings. The minimum atomic E-state index is 0.327. The van der Waals surface area contributed by atoms with Gasteiger partial charge in [0, 0.05) is 18.3 Å². The minimum absolute atomic E-state index is 0.327. The molecule has 0 amide bonds. The summed E-state index contributed by atoms with van der Waals surface area (Å²) in [6.45, 7) is 0. The van der Waals surface area contributed by atoms with Crippen molar-refractivity contribution in [1.29, 1.82) is 0 Å². The predicted octanol–water partition coefficient (Wildman–Crippen LogP) is 6.57. The van der Waals surface area contributed by atoms with E-state index in [9.17, 15) is 5.11 Å². The van der Waals surface area contributed by atoms with Crippen molar-refractivity contribution in [2.75, 3.05) is 0 Å². The van der Waals surface area contributed by atoms with Gasteiger partial charge in [0.25, 0.3) is 0 Å². The molecular formula is C20H12I2O. The summed E-state index contributed by atoms with van der Waals surface area (Å²) in [5.41, 5.74) is 2.02. The maximum atomic E-state index is 10.6. The van der Waals surface area contributed by atoms with Gasteiger partial charge in [0.1, 0.15) is 5.75 Å². The Hall–Kier alpha value is -1.34. The monoisotopic (exact) mass is 522 g/mol. The molecule has 0 unspecified atom stereocenters. The molecule has 0 spiro atoms. The van der Waals surface area contributed by atoms with E-state index in [4.69, 9.17) is 0 Å². The van der Waals surface area contributed by atoms with E-state index in [1.807, 2.05) is 18.2 Å². The molecule has 1 N–H and O–H groups in total. The van der Waals surface area contributed by atoms with E-state index < -0.39 is 0 Å². The van der Waals surface area contributed by atoms with Crippen LogP contribution < -0.4 is 0 Å². The van der Waals surface area contributed by atoms with Crippen LogP contribution in [0.2, 0.25) is 0 Å². The van der Waals surface area contributed by atoms with Crippen LogP contribution in [0.1, 0.15) is 0 Å². The largest absolute Gasteiger partial charge is 0.507 e. The number of benzene rings is 4. The Kier molecular flexibility index (Phi) is 3.93. The highest BCUT2D eigenvalue weighted by Gasteiger charge is 2.15. The lowest BCUT2D eigenvalue weighted by Gasteiger charge is -2.14. The fourth-order valence-electron chi connectivity index (χ4n) is 3.05. The van der Waals surface area contributed by atoms with Gasteiger partial charge < -0.3 is 5.11 Å². The second-order valence-electron chi connectivity index (χ2n) is 5.47. The smallest absolute Gasteiger partial charge is 0.124 e. The van der Waals surface area contributed by atoms with Crippen LogP contribution in [0.3, 0.4) is 0 Å². The van der Waals surface area contributed by atoms with Gasteiger partial charge in [-0.15, -0.1) is 0 Å². The summed E-state index contributed by atoms with van der Waals surface area (Å²) in [6, 6.07) is 22.7. The fraction of sp³-hybridized carbons (Fsp3) is 0. The minimum Gasteiger partial charge on any atom is -0.507 e. The molecule has 4 aromatic carbocycles. The standard InChI is InChI=1S/C20H12I2O/c21-14-7-8-16-13(11-14)5-9-17(22)19(16)20-15-4-2-1-3-12(15)6-10-18(20)23/h1-11,23H. The van der Waals surface area contributed by atoms with E-state index in [-0.39, 0.29) is 0 Å². The van der Waals surface area contributed by atoms with Gasteiger partial charge in [0.05, 0.1) is 0 Å². The lowest BCUT2D eigenvalue weighted by molar-refractivity contribution is 0.478. The van der Waals surface area contributed by atoms with Crippen molar-refractivity contribution in [3.63, 3.8) is 0 Å². The Morgan fingerprint density at radius 2 is 1.39 bits per heavy atom. The molecule has 1 nitrogen and oxygen atoms in total. The highest BCUT2D eigenvalue weighted by atomic mass is 127. The number of hydrogen-bond acceptors (Lipinski definition) is 1. The molecule has 0 bridgehead atoms. The normalized spacial score (nSPS) is 11.2. The van der Waals surface area contributed by atoms with Gasteiger partial charge in [-0.25, -0.2) is 0 Å². The summed E-state index contributed by atoms with van der Waals surface area (Å²) in [7, 11) is 0. The highest BCUT2D eigenvalue weighted by molar-refractivity contribution is 14.1. The van der Waals surface area contributed by atoms with Crippen LogP contribution in [0.5, 0.6) is 5.75 Å². The van der Waals surface area contributed by atoms with E-state index in [2.05, 4.69) is 87.6 Å². The van der Waals surface area contributed by atoms with Gasteiger partial charge in [-0.05, 0) is 91.0 Å². The summed E-state index contributed by atoms with van der Waals surface area (Å²) in [5.74, 6) is 0.327. The van der Waals surface area contributed by atoms with Gasteiger partial charge in [0.2, 0.25) is 0 Å². The van der Waals surface area contributed by atoms with Crippen molar-refractivity contribution < 1.29 is 5.11 Å². The van der Waals surface area contributed by atoms with Crippen LogP contribution in [-0.2, 0) is 0 Å². The first kappa shape index (κ1) is 15.2. The lowest BCUT2D eigenvalue weighted by atomic mass is 9.93. The van der Waals surface area contributed by atoms with Gasteiger partial charge in [-0.1, -0.05) is 42.5 Å². The van der Waals surface area contributed by atoms with Crippen LogP contribution >= 0.6 is 45.2 Å². The molecule has 0 aromatic heterocycles. The van der Waals surface area contributed by atoms with E-state index in [1.54, 1.807) is 6.07 Å². The van der Waals surface area contributed by atoms with Crippen LogP contribution in [-0.4, -0.2) is 5.11 Å². The average molecular weight is 522 g/mol. The molecule has 0 heterocycles. The van der Waals surface area contributed by atoms with Crippen molar-refractivity contribution in [2.24, 2.45) is 0 Å². The molecule has 0 atom stereocenters. The van der Waals surface area contributed by atoms with Crippen molar-refractivity contribution >= 4 is 66.7 Å². The highest BCUT2D eigenvalue weighted by Crippen LogP contribution is 2.42. The topological polar surface area (TPSA) is 20.2 Å². The lowest BCUT2D eigenvalue weighted by Crippen LogP contribution is -1.89. The zero-order valence-electron chi connectivity index (χ0n) is 12.1. The Morgan fingerprint density at radius 1 is 0.652 bits per heavy atom. The van der Waals surface area contributed by atoms with Crippen molar-refractivity contribution in [1.82, 2.24) is 0 Å². The first-order valence-corrected chi connectivity index (χ1v) is 9.40. The number of aromatic hydroxyl groups is 1. The molecule has 0 aliphatic carbocycles. The van der Waals surface area contributed by atoms with Crippen LogP contribution in [0, 0.1) is 7.14 Å². The molecule has 0 saturated carbocycles. The van der Waals surface area contributed by atoms with Crippen LogP contribution in [0.4, 0.5) is 0 Å². The number of phenolic OH excluding ortho intramolecular Hbond substituents is 1. The zero-order valence-corrected chi connectivity index (χ0v) is 16.4. The number of halogens is 2. The Balaban J connectivity index is 2.19. The molecule has 0 aliphatic rings. The summed E-state index contributed by atoms with van der Waals surface area (Å²) in [6.07, 6.45) is 0. The van der Waals surface area contributed by atoms with Crippen LogP contribution in [0.25, 0.3) is 32.7 Å². The molecule has 3 heteroatoms. The molecule has 4 rings (SSSR count). The summed E-state index contributed by atoms with van der Waals surface area (Å²) in [5, 5.41) is 15.2. The third-order valence-corrected chi connectivity index (χ3v) is 5.66. The first-order chi connectivity index (χ1) is 11.1. The summed E-state index contributed by atoms with van der Waals surface area (Å²) < 4.78 is 2.35. The second kappa shape index (κ2) is 5.94. The average Bonchev–Trinajstić information content (AvgIpc) is 2.56. The molecule has 23 heavy (non-hydrogen) atoms. The number of phenols is 1. The zero-order chi connectivity index (χ0) is 16.0. The van der Waals surface area contributed by atoms with Gasteiger partial charge >= 0.3 is 0 Å². The number of fused-ring (bicyclic) bond motifs is 2. The maximum absolute atomic E-state index is 10.6.